The van der Waals surface area contributed by atoms with E-state index < -0.39 is 11.7 Å². The molecule has 1 atom stereocenters. The zero-order valence-electron chi connectivity index (χ0n) is 11.8. The van der Waals surface area contributed by atoms with Gasteiger partial charge in [-0.3, -0.25) is 9.79 Å². The van der Waals surface area contributed by atoms with E-state index in [0.29, 0.717) is 11.3 Å². The second kappa shape index (κ2) is 5.24. The van der Waals surface area contributed by atoms with Gasteiger partial charge in [-0.1, -0.05) is 29.4 Å². The average Bonchev–Trinajstić information content (AvgIpc) is 3.05. The number of rotatable bonds is 2. The molecule has 0 saturated carbocycles. The van der Waals surface area contributed by atoms with Gasteiger partial charge in [0.15, 0.2) is 5.78 Å². The number of Topliss-reactive ketones (excluding diaryl/α,β-unsaturated/α-hetero) is 1. The molecular formula is C17H10FN3O2. The Morgan fingerprint density at radius 1 is 1.00 bits per heavy atom. The van der Waals surface area contributed by atoms with Crippen molar-refractivity contribution in [3.8, 4) is 11.4 Å². The predicted molar refractivity (Wildman–Crippen MR) is 81.4 cm³/mol. The molecule has 5 nitrogen and oxygen atoms in total. The molecule has 0 N–H and O–H groups in total. The number of hydrogen-bond acceptors (Lipinski definition) is 5. The monoisotopic (exact) mass is 307 g/mol. The summed E-state index contributed by atoms with van der Waals surface area (Å²) >= 11 is 0. The highest BCUT2D eigenvalue weighted by Gasteiger charge is 2.30. The molecule has 112 valence electrons. The van der Waals surface area contributed by atoms with Crippen molar-refractivity contribution in [1.29, 1.82) is 0 Å². The summed E-state index contributed by atoms with van der Waals surface area (Å²) in [7, 11) is 0. The molecule has 0 aliphatic carbocycles. The molecule has 4 rings (SSSR count). The van der Waals surface area contributed by atoms with Crippen LogP contribution in [0, 0.1) is 5.82 Å². The van der Waals surface area contributed by atoms with Crippen LogP contribution in [-0.2, 0) is 0 Å². The van der Waals surface area contributed by atoms with Crippen molar-refractivity contribution >= 4 is 17.7 Å². The van der Waals surface area contributed by atoms with Crippen molar-refractivity contribution in [3.63, 3.8) is 0 Å². The molecule has 1 aliphatic heterocycles. The van der Waals surface area contributed by atoms with Gasteiger partial charge in [0.05, 0.1) is 11.3 Å². The number of aromatic nitrogens is 2. The lowest BCUT2D eigenvalue weighted by Gasteiger charge is -2.13. The number of nitrogens with zero attached hydrogens (tertiary/aromatic N) is 3. The van der Waals surface area contributed by atoms with Crippen LogP contribution < -0.4 is 0 Å². The molecule has 3 aromatic rings. The lowest BCUT2D eigenvalue weighted by molar-refractivity contribution is 0.0971. The topological polar surface area (TPSA) is 68.3 Å². The van der Waals surface area contributed by atoms with Gasteiger partial charge in [0.25, 0.3) is 0 Å². The van der Waals surface area contributed by atoms with E-state index in [2.05, 4.69) is 15.1 Å². The van der Waals surface area contributed by atoms with E-state index in [-0.39, 0.29) is 23.1 Å². The Hall–Kier alpha value is -3.15. The molecule has 1 aromatic heterocycles. The summed E-state index contributed by atoms with van der Waals surface area (Å²) in [6.07, 6.45) is 1.48. The Bertz CT molecular complexity index is 933. The maximum Gasteiger partial charge on any atom is 0.243 e. The van der Waals surface area contributed by atoms with Crippen LogP contribution in [0.5, 0.6) is 0 Å². The molecule has 2 heterocycles. The molecule has 0 bridgehead atoms. The van der Waals surface area contributed by atoms with Crippen LogP contribution in [0.4, 0.5) is 10.1 Å². The number of benzene rings is 2. The fourth-order valence-electron chi connectivity index (χ4n) is 2.47. The van der Waals surface area contributed by atoms with Gasteiger partial charge in [0.2, 0.25) is 11.7 Å². The molecule has 0 radical (unpaired) electrons. The number of ketones is 1. The van der Waals surface area contributed by atoms with E-state index in [1.54, 1.807) is 36.4 Å². The fraction of sp³-hybridized carbons (Fsp3) is 0.0588. The highest BCUT2D eigenvalue weighted by atomic mass is 19.1. The fourth-order valence-corrected chi connectivity index (χ4v) is 2.47. The molecule has 23 heavy (non-hydrogen) atoms. The van der Waals surface area contributed by atoms with E-state index >= 15 is 0 Å². The summed E-state index contributed by atoms with van der Waals surface area (Å²) in [6, 6.07) is 13.2. The van der Waals surface area contributed by atoms with Crippen LogP contribution in [0.15, 0.2) is 58.0 Å². The van der Waals surface area contributed by atoms with E-state index in [0.717, 1.165) is 0 Å². The van der Waals surface area contributed by atoms with Gasteiger partial charge in [-0.2, -0.15) is 4.98 Å². The number of para-hydroxylation sites is 1. The first-order valence-electron chi connectivity index (χ1n) is 7.00. The number of carbonyl (C=O) groups is 1. The second-order valence-electron chi connectivity index (χ2n) is 5.07. The zero-order valence-corrected chi connectivity index (χ0v) is 11.8. The van der Waals surface area contributed by atoms with Crippen LogP contribution in [0.25, 0.3) is 11.4 Å². The first kappa shape index (κ1) is 13.5. The van der Waals surface area contributed by atoms with Gasteiger partial charge in [-0.05, 0) is 24.3 Å². The number of fused-ring (bicyclic) bond motifs is 1. The molecule has 0 saturated heterocycles. The molecule has 6 heteroatoms. The standard InChI is InChI=1S/C17H10FN3O2/c18-13-7-3-1-5-10(13)16-20-17(23-21-16)12-9-19-14-8-4-2-6-11(14)15(12)22/h1-9,12H. The van der Waals surface area contributed by atoms with Gasteiger partial charge >= 0.3 is 0 Å². The second-order valence-corrected chi connectivity index (χ2v) is 5.07. The normalized spacial score (nSPS) is 16.4. The maximum atomic E-state index is 13.8. The van der Waals surface area contributed by atoms with Gasteiger partial charge in [-0.25, -0.2) is 4.39 Å². The molecular weight excluding hydrogens is 297 g/mol. The van der Waals surface area contributed by atoms with Crippen molar-refractivity contribution in [2.24, 2.45) is 4.99 Å². The lowest BCUT2D eigenvalue weighted by atomic mass is 9.94. The molecule has 0 spiro atoms. The maximum absolute atomic E-state index is 13.8. The van der Waals surface area contributed by atoms with Gasteiger partial charge in [0.1, 0.15) is 11.7 Å². The minimum Gasteiger partial charge on any atom is -0.338 e. The minimum atomic E-state index is -0.752. The van der Waals surface area contributed by atoms with Crippen LogP contribution in [-0.4, -0.2) is 22.1 Å². The molecule has 0 fully saturated rings. The quantitative estimate of drug-likeness (QED) is 0.726. The Labute approximate surface area is 130 Å². The van der Waals surface area contributed by atoms with E-state index in [1.165, 1.54) is 12.3 Å². The van der Waals surface area contributed by atoms with Crippen molar-refractivity contribution in [1.82, 2.24) is 10.1 Å². The summed E-state index contributed by atoms with van der Waals surface area (Å²) in [5.41, 5.74) is 1.34. The Morgan fingerprint density at radius 3 is 2.57 bits per heavy atom. The Morgan fingerprint density at radius 2 is 1.74 bits per heavy atom. The number of hydrogen-bond donors (Lipinski definition) is 0. The summed E-state index contributed by atoms with van der Waals surface area (Å²) < 4.78 is 18.9. The molecule has 0 amide bonds. The average molecular weight is 307 g/mol. The van der Waals surface area contributed by atoms with Crippen molar-refractivity contribution in [2.75, 3.05) is 0 Å². The van der Waals surface area contributed by atoms with Crippen molar-refractivity contribution < 1.29 is 13.7 Å². The van der Waals surface area contributed by atoms with E-state index in [9.17, 15) is 9.18 Å². The van der Waals surface area contributed by atoms with Crippen LogP contribution in [0.1, 0.15) is 22.2 Å². The Kier molecular flexibility index (Phi) is 3.08. The largest absolute Gasteiger partial charge is 0.338 e. The summed E-state index contributed by atoms with van der Waals surface area (Å²) in [5.74, 6) is -1.16. The SMILES string of the molecule is O=C1c2ccccc2N=CC1c1nc(-c2ccccc2F)no1. The molecule has 1 unspecified atom stereocenters. The van der Waals surface area contributed by atoms with Gasteiger partial charge in [-0.15, -0.1) is 0 Å². The van der Waals surface area contributed by atoms with E-state index in [4.69, 9.17) is 4.52 Å². The number of carbonyl (C=O) groups excluding carboxylic acids is 1. The summed E-state index contributed by atoms with van der Waals surface area (Å²) in [5, 5.41) is 3.77. The smallest absolute Gasteiger partial charge is 0.243 e. The third-order valence-electron chi connectivity index (χ3n) is 3.64. The van der Waals surface area contributed by atoms with Crippen molar-refractivity contribution in [3.05, 3.63) is 65.8 Å². The van der Waals surface area contributed by atoms with Gasteiger partial charge in [0, 0.05) is 11.8 Å². The highest BCUT2D eigenvalue weighted by molar-refractivity contribution is 6.15. The zero-order chi connectivity index (χ0) is 15.8. The van der Waals surface area contributed by atoms with E-state index in [1.807, 2.05) is 6.07 Å². The third kappa shape index (κ3) is 2.24. The highest BCUT2D eigenvalue weighted by Crippen LogP contribution is 2.31. The van der Waals surface area contributed by atoms with Crippen LogP contribution >= 0.6 is 0 Å². The summed E-state index contributed by atoms with van der Waals surface area (Å²) in [6.45, 7) is 0. The number of halogens is 1. The number of aliphatic imine (C=N–C) groups is 1. The van der Waals surface area contributed by atoms with Gasteiger partial charge < -0.3 is 4.52 Å². The molecule has 1 aliphatic rings. The first-order chi connectivity index (χ1) is 11.2. The Balaban J connectivity index is 1.71. The first-order valence-corrected chi connectivity index (χ1v) is 7.00. The van der Waals surface area contributed by atoms with Crippen molar-refractivity contribution in [2.45, 2.75) is 5.92 Å². The van der Waals surface area contributed by atoms with Crippen LogP contribution in [0.2, 0.25) is 0 Å². The van der Waals surface area contributed by atoms with Crippen LogP contribution in [0.3, 0.4) is 0 Å². The molecule has 2 aromatic carbocycles. The lowest BCUT2D eigenvalue weighted by Crippen LogP contribution is -2.18. The minimum absolute atomic E-state index is 0.103. The summed E-state index contributed by atoms with van der Waals surface area (Å²) in [4.78, 5) is 20.9. The third-order valence-corrected chi connectivity index (χ3v) is 3.64. The predicted octanol–water partition coefficient (Wildman–Crippen LogP) is 3.56.